The summed E-state index contributed by atoms with van der Waals surface area (Å²) in [6.07, 6.45) is 0. The SMILES string of the molecule is Cc1cc(C)nc(SCC(=O)Nc2ccc(S(=O)(=O)c3ccccc3)cc2)n1. The summed E-state index contributed by atoms with van der Waals surface area (Å²) in [4.78, 5) is 21.1. The normalized spacial score (nSPS) is 11.2. The van der Waals surface area contributed by atoms with E-state index in [2.05, 4.69) is 15.3 Å². The highest BCUT2D eigenvalue weighted by atomic mass is 32.2. The number of anilines is 1. The fourth-order valence-electron chi connectivity index (χ4n) is 2.54. The quantitative estimate of drug-likeness (QED) is 0.490. The fourth-order valence-corrected chi connectivity index (χ4v) is 4.57. The minimum Gasteiger partial charge on any atom is -0.325 e. The number of hydrogen-bond acceptors (Lipinski definition) is 6. The van der Waals surface area contributed by atoms with Gasteiger partial charge in [-0.15, -0.1) is 0 Å². The lowest BCUT2D eigenvalue weighted by Crippen LogP contribution is -2.14. The van der Waals surface area contributed by atoms with E-state index in [1.807, 2.05) is 19.9 Å². The first-order chi connectivity index (χ1) is 13.3. The molecule has 1 heterocycles. The summed E-state index contributed by atoms with van der Waals surface area (Å²) in [5, 5.41) is 3.30. The second-order valence-electron chi connectivity index (χ2n) is 6.11. The van der Waals surface area contributed by atoms with Crippen molar-refractivity contribution >= 4 is 33.2 Å². The van der Waals surface area contributed by atoms with Crippen LogP contribution in [0.2, 0.25) is 0 Å². The molecule has 0 atom stereocenters. The number of aromatic nitrogens is 2. The van der Waals surface area contributed by atoms with Gasteiger partial charge in [0.2, 0.25) is 15.7 Å². The Bertz CT molecular complexity index is 1060. The van der Waals surface area contributed by atoms with E-state index in [1.54, 1.807) is 42.5 Å². The van der Waals surface area contributed by atoms with Crippen molar-refractivity contribution in [1.29, 1.82) is 0 Å². The predicted octanol–water partition coefficient (Wildman–Crippen LogP) is 3.66. The molecule has 1 N–H and O–H groups in total. The molecule has 0 bridgehead atoms. The molecule has 0 unspecified atom stereocenters. The first-order valence-electron chi connectivity index (χ1n) is 8.50. The number of carbonyl (C=O) groups is 1. The number of amides is 1. The molecule has 0 aliphatic heterocycles. The highest BCUT2D eigenvalue weighted by Crippen LogP contribution is 2.22. The molecule has 0 aliphatic carbocycles. The maximum Gasteiger partial charge on any atom is 0.234 e. The number of nitrogens with zero attached hydrogens (tertiary/aromatic N) is 2. The van der Waals surface area contributed by atoms with E-state index in [4.69, 9.17) is 0 Å². The van der Waals surface area contributed by atoms with Crippen molar-refractivity contribution in [2.24, 2.45) is 0 Å². The van der Waals surface area contributed by atoms with Crippen LogP contribution in [-0.4, -0.2) is 30.0 Å². The Balaban J connectivity index is 1.63. The number of thioether (sulfide) groups is 1. The molecule has 0 saturated heterocycles. The van der Waals surface area contributed by atoms with E-state index in [9.17, 15) is 13.2 Å². The van der Waals surface area contributed by atoms with Crippen molar-refractivity contribution in [3.8, 4) is 0 Å². The summed E-state index contributed by atoms with van der Waals surface area (Å²) in [6.45, 7) is 3.76. The number of benzene rings is 2. The van der Waals surface area contributed by atoms with E-state index in [0.717, 1.165) is 11.4 Å². The monoisotopic (exact) mass is 413 g/mol. The molecule has 1 aromatic heterocycles. The van der Waals surface area contributed by atoms with Gasteiger partial charge in [0.15, 0.2) is 5.16 Å². The largest absolute Gasteiger partial charge is 0.325 e. The van der Waals surface area contributed by atoms with E-state index in [1.165, 1.54) is 23.9 Å². The molecule has 2 aromatic carbocycles. The van der Waals surface area contributed by atoms with Gasteiger partial charge in [0.05, 0.1) is 15.5 Å². The fraction of sp³-hybridized carbons (Fsp3) is 0.150. The summed E-state index contributed by atoms with van der Waals surface area (Å²) in [5.41, 5.74) is 2.23. The van der Waals surface area contributed by atoms with E-state index >= 15 is 0 Å². The number of sulfone groups is 1. The molecule has 0 aliphatic rings. The van der Waals surface area contributed by atoms with E-state index < -0.39 is 9.84 Å². The van der Waals surface area contributed by atoms with E-state index in [0.29, 0.717) is 10.8 Å². The second kappa shape index (κ2) is 8.53. The lowest BCUT2D eigenvalue weighted by Gasteiger charge is -2.08. The average Bonchev–Trinajstić information content (AvgIpc) is 2.67. The summed E-state index contributed by atoms with van der Waals surface area (Å²) < 4.78 is 25.2. The molecular weight excluding hydrogens is 394 g/mol. The van der Waals surface area contributed by atoms with Crippen LogP contribution in [0.25, 0.3) is 0 Å². The molecule has 0 saturated carbocycles. The van der Waals surface area contributed by atoms with Crippen LogP contribution in [0.5, 0.6) is 0 Å². The molecule has 28 heavy (non-hydrogen) atoms. The lowest BCUT2D eigenvalue weighted by molar-refractivity contribution is -0.113. The molecule has 3 rings (SSSR count). The summed E-state index contributed by atoms with van der Waals surface area (Å²) in [6, 6.07) is 16.2. The molecule has 1 amide bonds. The highest BCUT2D eigenvalue weighted by Gasteiger charge is 2.17. The standard InChI is InChI=1S/C20H19N3O3S2/c1-14-12-15(2)22-20(21-14)27-13-19(24)23-16-8-10-18(11-9-16)28(25,26)17-6-4-3-5-7-17/h3-12H,13H2,1-2H3,(H,23,24). The van der Waals surface area contributed by atoms with Crippen LogP contribution >= 0.6 is 11.8 Å². The van der Waals surface area contributed by atoms with Crippen LogP contribution in [0.15, 0.2) is 75.6 Å². The Labute approximate surface area is 168 Å². The van der Waals surface area contributed by atoms with Crippen molar-refractivity contribution in [3.63, 3.8) is 0 Å². The predicted molar refractivity (Wildman–Crippen MR) is 109 cm³/mol. The molecule has 8 heteroatoms. The van der Waals surface area contributed by atoms with Gasteiger partial charge in [-0.2, -0.15) is 0 Å². The Kier molecular flexibility index (Phi) is 6.11. The number of hydrogen-bond donors (Lipinski definition) is 1. The maximum atomic E-state index is 12.6. The van der Waals surface area contributed by atoms with Crippen molar-refractivity contribution in [2.75, 3.05) is 11.1 Å². The van der Waals surface area contributed by atoms with Gasteiger partial charge in [0, 0.05) is 17.1 Å². The molecule has 6 nitrogen and oxygen atoms in total. The van der Waals surface area contributed by atoms with Crippen molar-refractivity contribution in [3.05, 3.63) is 72.1 Å². The highest BCUT2D eigenvalue weighted by molar-refractivity contribution is 7.99. The zero-order chi connectivity index (χ0) is 20.1. The van der Waals surface area contributed by atoms with Crippen LogP contribution in [0.4, 0.5) is 5.69 Å². The summed E-state index contributed by atoms with van der Waals surface area (Å²) in [7, 11) is -3.57. The minimum absolute atomic E-state index is 0.160. The van der Waals surface area contributed by atoms with Crippen molar-refractivity contribution in [2.45, 2.75) is 28.8 Å². The van der Waals surface area contributed by atoms with Gasteiger partial charge in [0.25, 0.3) is 0 Å². The van der Waals surface area contributed by atoms with Crippen LogP contribution in [0, 0.1) is 13.8 Å². The first-order valence-corrected chi connectivity index (χ1v) is 11.0. The number of carbonyl (C=O) groups excluding carboxylic acids is 1. The Morgan fingerprint density at radius 1 is 0.929 bits per heavy atom. The summed E-state index contributed by atoms with van der Waals surface area (Å²) >= 11 is 1.25. The van der Waals surface area contributed by atoms with Crippen LogP contribution in [-0.2, 0) is 14.6 Å². The lowest BCUT2D eigenvalue weighted by atomic mass is 10.3. The van der Waals surface area contributed by atoms with Gasteiger partial charge in [-0.3, -0.25) is 4.79 Å². The van der Waals surface area contributed by atoms with Gasteiger partial charge in [-0.25, -0.2) is 18.4 Å². The molecule has 3 aromatic rings. The zero-order valence-corrected chi connectivity index (χ0v) is 17.0. The molecule has 0 fully saturated rings. The van der Waals surface area contributed by atoms with Crippen LogP contribution < -0.4 is 5.32 Å². The Morgan fingerprint density at radius 3 is 2.11 bits per heavy atom. The topological polar surface area (TPSA) is 89.0 Å². The average molecular weight is 414 g/mol. The van der Waals surface area contributed by atoms with Gasteiger partial charge < -0.3 is 5.32 Å². The third-order valence-electron chi connectivity index (χ3n) is 3.80. The Morgan fingerprint density at radius 2 is 1.50 bits per heavy atom. The Hall–Kier alpha value is -2.71. The number of rotatable bonds is 6. The van der Waals surface area contributed by atoms with Gasteiger partial charge in [0.1, 0.15) is 0 Å². The maximum absolute atomic E-state index is 12.6. The third kappa shape index (κ3) is 4.96. The van der Waals surface area contributed by atoms with Crippen LogP contribution in [0.3, 0.4) is 0 Å². The third-order valence-corrected chi connectivity index (χ3v) is 6.43. The summed E-state index contributed by atoms with van der Waals surface area (Å²) in [5.74, 6) is -0.0566. The minimum atomic E-state index is -3.57. The molecule has 0 radical (unpaired) electrons. The van der Waals surface area contributed by atoms with E-state index in [-0.39, 0.29) is 21.5 Å². The van der Waals surface area contributed by atoms with Gasteiger partial charge >= 0.3 is 0 Å². The van der Waals surface area contributed by atoms with Gasteiger partial charge in [-0.05, 0) is 56.3 Å². The van der Waals surface area contributed by atoms with Crippen molar-refractivity contribution < 1.29 is 13.2 Å². The van der Waals surface area contributed by atoms with Crippen molar-refractivity contribution in [1.82, 2.24) is 9.97 Å². The molecular formula is C20H19N3O3S2. The smallest absolute Gasteiger partial charge is 0.234 e. The first kappa shape index (κ1) is 20.0. The molecule has 0 spiro atoms. The second-order valence-corrected chi connectivity index (χ2v) is 9.00. The van der Waals surface area contributed by atoms with Crippen LogP contribution in [0.1, 0.15) is 11.4 Å². The van der Waals surface area contributed by atoms with Gasteiger partial charge in [-0.1, -0.05) is 30.0 Å². The molecule has 144 valence electrons. The number of nitrogens with one attached hydrogen (secondary N) is 1. The number of aryl methyl sites for hydroxylation is 2. The zero-order valence-electron chi connectivity index (χ0n) is 15.4.